The first-order valence-electron chi connectivity index (χ1n) is 7.12. The maximum absolute atomic E-state index is 6.28. The van der Waals surface area contributed by atoms with Crippen LogP contribution in [-0.4, -0.2) is 16.2 Å². The van der Waals surface area contributed by atoms with Crippen LogP contribution in [0, 0.1) is 5.92 Å². The topological polar surface area (TPSA) is 53.1 Å². The minimum atomic E-state index is -0.00625. The molecule has 0 amide bonds. The van der Waals surface area contributed by atoms with Crippen LogP contribution in [0.4, 0.5) is 0 Å². The molecule has 4 heteroatoms. The average Bonchev–Trinajstić information content (AvgIpc) is 2.88. The molecule has 0 aliphatic rings. The second-order valence-corrected chi connectivity index (χ2v) is 5.35. The Bertz CT molecular complexity index is 548. The lowest BCUT2D eigenvalue weighted by Gasteiger charge is -2.17. The monoisotopic (exact) mass is 273 g/mol. The highest BCUT2D eigenvalue weighted by Gasteiger charge is 2.14. The van der Waals surface area contributed by atoms with E-state index >= 15 is 0 Å². The van der Waals surface area contributed by atoms with Crippen molar-refractivity contribution in [2.75, 3.05) is 6.61 Å². The van der Waals surface area contributed by atoms with Crippen LogP contribution in [0.15, 0.2) is 36.8 Å². The van der Waals surface area contributed by atoms with Gasteiger partial charge in [-0.15, -0.1) is 0 Å². The highest BCUT2D eigenvalue weighted by atomic mass is 16.5. The SMILES string of the molecule is CCOc1cccc(-n2cncc2C(N)CC(C)C)c1. The maximum atomic E-state index is 6.28. The summed E-state index contributed by atoms with van der Waals surface area (Å²) in [6, 6.07) is 7.98. The fraction of sp³-hybridized carbons (Fsp3) is 0.438. The third-order valence-electron chi connectivity index (χ3n) is 3.18. The number of imidazole rings is 1. The molecule has 0 saturated carbocycles. The first kappa shape index (κ1) is 14.6. The zero-order valence-electron chi connectivity index (χ0n) is 12.4. The third-order valence-corrected chi connectivity index (χ3v) is 3.18. The summed E-state index contributed by atoms with van der Waals surface area (Å²) < 4.78 is 7.58. The van der Waals surface area contributed by atoms with Gasteiger partial charge in [-0.25, -0.2) is 4.98 Å². The lowest BCUT2D eigenvalue weighted by Crippen LogP contribution is -2.16. The molecule has 0 aliphatic carbocycles. The van der Waals surface area contributed by atoms with Gasteiger partial charge in [0.05, 0.1) is 30.5 Å². The Kier molecular flexibility index (Phi) is 4.79. The highest BCUT2D eigenvalue weighted by molar-refractivity contribution is 5.40. The molecule has 0 radical (unpaired) electrons. The molecule has 1 unspecified atom stereocenters. The number of rotatable bonds is 6. The molecule has 2 aromatic rings. The second kappa shape index (κ2) is 6.57. The van der Waals surface area contributed by atoms with Gasteiger partial charge in [-0.1, -0.05) is 19.9 Å². The van der Waals surface area contributed by atoms with Crippen molar-refractivity contribution >= 4 is 0 Å². The van der Waals surface area contributed by atoms with Crippen LogP contribution >= 0.6 is 0 Å². The van der Waals surface area contributed by atoms with E-state index in [1.54, 1.807) is 6.33 Å². The molecule has 0 saturated heterocycles. The third kappa shape index (κ3) is 3.39. The first-order valence-corrected chi connectivity index (χ1v) is 7.12. The summed E-state index contributed by atoms with van der Waals surface area (Å²) in [5.74, 6) is 1.42. The van der Waals surface area contributed by atoms with E-state index in [0.29, 0.717) is 12.5 Å². The number of aromatic nitrogens is 2. The molecule has 2 rings (SSSR count). The molecule has 0 aliphatic heterocycles. The Labute approximate surface area is 120 Å². The van der Waals surface area contributed by atoms with Crippen molar-refractivity contribution in [1.82, 2.24) is 9.55 Å². The maximum Gasteiger partial charge on any atom is 0.121 e. The number of nitrogens with two attached hydrogens (primary N) is 1. The molecule has 4 nitrogen and oxygen atoms in total. The van der Waals surface area contributed by atoms with Crippen molar-refractivity contribution in [3.05, 3.63) is 42.5 Å². The van der Waals surface area contributed by atoms with Crippen LogP contribution in [-0.2, 0) is 0 Å². The molecular formula is C16H23N3O. The molecule has 1 heterocycles. The highest BCUT2D eigenvalue weighted by Crippen LogP contribution is 2.23. The Balaban J connectivity index is 2.29. The van der Waals surface area contributed by atoms with Gasteiger partial charge >= 0.3 is 0 Å². The Morgan fingerprint density at radius 3 is 2.85 bits per heavy atom. The zero-order chi connectivity index (χ0) is 14.5. The largest absolute Gasteiger partial charge is 0.494 e. The fourth-order valence-electron chi connectivity index (χ4n) is 2.31. The van der Waals surface area contributed by atoms with E-state index < -0.39 is 0 Å². The van der Waals surface area contributed by atoms with Crippen molar-refractivity contribution in [2.45, 2.75) is 33.2 Å². The van der Waals surface area contributed by atoms with Gasteiger partial charge in [0.15, 0.2) is 0 Å². The summed E-state index contributed by atoms with van der Waals surface area (Å²) >= 11 is 0. The quantitative estimate of drug-likeness (QED) is 0.878. The Hall–Kier alpha value is -1.81. The van der Waals surface area contributed by atoms with E-state index in [2.05, 4.69) is 18.8 Å². The van der Waals surface area contributed by atoms with Crippen molar-refractivity contribution in [1.29, 1.82) is 0 Å². The second-order valence-electron chi connectivity index (χ2n) is 5.35. The lowest BCUT2D eigenvalue weighted by atomic mass is 10.0. The van der Waals surface area contributed by atoms with E-state index in [-0.39, 0.29) is 6.04 Å². The summed E-state index contributed by atoms with van der Waals surface area (Å²) in [4.78, 5) is 4.24. The molecule has 1 atom stereocenters. The van der Waals surface area contributed by atoms with Gasteiger partial charge in [0.1, 0.15) is 5.75 Å². The fourth-order valence-corrected chi connectivity index (χ4v) is 2.31. The van der Waals surface area contributed by atoms with Crippen LogP contribution < -0.4 is 10.5 Å². The van der Waals surface area contributed by atoms with E-state index in [1.165, 1.54) is 0 Å². The molecule has 20 heavy (non-hydrogen) atoms. The predicted octanol–water partition coefficient (Wildman–Crippen LogP) is 3.32. The normalized spacial score (nSPS) is 12.7. The predicted molar refractivity (Wildman–Crippen MR) is 81.1 cm³/mol. The van der Waals surface area contributed by atoms with Gasteiger partial charge in [0.2, 0.25) is 0 Å². The summed E-state index contributed by atoms with van der Waals surface area (Å²) in [5.41, 5.74) is 8.35. The Morgan fingerprint density at radius 2 is 2.15 bits per heavy atom. The van der Waals surface area contributed by atoms with Gasteiger partial charge in [-0.3, -0.25) is 0 Å². The molecule has 2 N–H and O–H groups in total. The summed E-state index contributed by atoms with van der Waals surface area (Å²) in [7, 11) is 0. The minimum absolute atomic E-state index is 0.00625. The van der Waals surface area contributed by atoms with Gasteiger partial charge < -0.3 is 15.0 Å². The molecule has 1 aromatic carbocycles. The zero-order valence-corrected chi connectivity index (χ0v) is 12.4. The molecule has 0 fully saturated rings. The van der Waals surface area contributed by atoms with Crippen LogP contribution in [0.5, 0.6) is 5.75 Å². The van der Waals surface area contributed by atoms with E-state index in [9.17, 15) is 0 Å². The van der Waals surface area contributed by atoms with Crippen LogP contribution in [0.2, 0.25) is 0 Å². The molecule has 108 valence electrons. The van der Waals surface area contributed by atoms with Crippen molar-refractivity contribution in [3.8, 4) is 11.4 Å². The number of nitrogens with zero attached hydrogens (tertiary/aromatic N) is 2. The molecule has 1 aromatic heterocycles. The lowest BCUT2D eigenvalue weighted by molar-refractivity contribution is 0.340. The molecule has 0 spiro atoms. The van der Waals surface area contributed by atoms with Gasteiger partial charge in [0, 0.05) is 12.1 Å². The smallest absolute Gasteiger partial charge is 0.121 e. The van der Waals surface area contributed by atoms with Crippen LogP contribution in [0.25, 0.3) is 5.69 Å². The van der Waals surface area contributed by atoms with E-state index in [1.807, 2.05) is 42.0 Å². The van der Waals surface area contributed by atoms with Gasteiger partial charge in [-0.05, 0) is 31.4 Å². The number of benzene rings is 1. The van der Waals surface area contributed by atoms with Gasteiger partial charge in [0.25, 0.3) is 0 Å². The van der Waals surface area contributed by atoms with Crippen molar-refractivity contribution < 1.29 is 4.74 Å². The molecule has 0 bridgehead atoms. The minimum Gasteiger partial charge on any atom is -0.494 e. The summed E-state index contributed by atoms with van der Waals surface area (Å²) in [6.45, 7) is 6.99. The summed E-state index contributed by atoms with van der Waals surface area (Å²) in [6.07, 6.45) is 4.60. The number of hydrogen-bond acceptors (Lipinski definition) is 3. The standard InChI is InChI=1S/C16H23N3O/c1-4-20-14-7-5-6-13(9-14)19-11-18-10-16(19)15(17)8-12(2)3/h5-7,9-12,15H,4,8,17H2,1-3H3. The molecular weight excluding hydrogens is 250 g/mol. The van der Waals surface area contributed by atoms with Crippen LogP contribution in [0.1, 0.15) is 38.9 Å². The van der Waals surface area contributed by atoms with Gasteiger partial charge in [-0.2, -0.15) is 0 Å². The van der Waals surface area contributed by atoms with E-state index in [4.69, 9.17) is 10.5 Å². The Morgan fingerprint density at radius 1 is 1.35 bits per heavy atom. The summed E-state index contributed by atoms with van der Waals surface area (Å²) in [5, 5.41) is 0. The number of hydrogen-bond donors (Lipinski definition) is 1. The first-order chi connectivity index (χ1) is 9.61. The van der Waals surface area contributed by atoms with E-state index in [0.717, 1.165) is 23.6 Å². The number of ether oxygens (including phenoxy) is 1. The van der Waals surface area contributed by atoms with Crippen molar-refractivity contribution in [3.63, 3.8) is 0 Å². The average molecular weight is 273 g/mol. The van der Waals surface area contributed by atoms with Crippen molar-refractivity contribution in [2.24, 2.45) is 11.7 Å². The van der Waals surface area contributed by atoms with Crippen LogP contribution in [0.3, 0.4) is 0 Å².